The quantitative estimate of drug-likeness (QED) is 0.513. The second-order valence-electron chi connectivity index (χ2n) is 4.87. The van der Waals surface area contributed by atoms with Crippen molar-refractivity contribution in [3.63, 3.8) is 0 Å². The smallest absolute Gasteiger partial charge is 0.335 e. The van der Waals surface area contributed by atoms with Gasteiger partial charge in [-0.15, -0.1) is 12.6 Å². The first-order chi connectivity index (χ1) is 10.6. The van der Waals surface area contributed by atoms with E-state index in [9.17, 15) is 9.90 Å². The van der Waals surface area contributed by atoms with Gasteiger partial charge in [0.2, 0.25) is 0 Å². The third-order valence-electron chi connectivity index (χ3n) is 3.13. The highest BCUT2D eigenvalue weighted by atomic mass is 32.1. The van der Waals surface area contributed by atoms with Gasteiger partial charge in [-0.3, -0.25) is 0 Å². The van der Waals surface area contributed by atoms with Crippen molar-refractivity contribution in [3.8, 4) is 11.5 Å². The minimum absolute atomic E-state index is 0.185. The van der Waals surface area contributed by atoms with E-state index in [0.29, 0.717) is 22.1 Å². The second kappa shape index (κ2) is 7.75. The number of nitrogens with one attached hydrogen (secondary N) is 1. The molecule has 2 aromatic rings. The molecule has 2 rings (SSSR count). The molecule has 0 bridgehead atoms. The lowest BCUT2D eigenvalue weighted by Crippen LogP contribution is -2.06. The molecule has 116 valence electrons. The molecule has 0 fully saturated rings. The number of hydrogen-bond acceptors (Lipinski definition) is 4. The van der Waals surface area contributed by atoms with Crippen LogP contribution in [0.1, 0.15) is 30.1 Å². The fourth-order valence-corrected chi connectivity index (χ4v) is 2.29. The molecule has 0 saturated carbocycles. The van der Waals surface area contributed by atoms with Gasteiger partial charge < -0.3 is 15.2 Å². The Kier molecular flexibility index (Phi) is 5.72. The number of para-hydroxylation sites is 1. The maximum atomic E-state index is 11.2. The van der Waals surface area contributed by atoms with Crippen molar-refractivity contribution in [3.05, 3.63) is 48.0 Å². The molecular weight excluding hydrogens is 298 g/mol. The predicted molar refractivity (Wildman–Crippen MR) is 90.6 cm³/mol. The predicted octanol–water partition coefficient (Wildman–Crippen LogP) is 4.68. The number of carbonyl (C=O) groups is 1. The molecule has 0 aliphatic carbocycles. The molecule has 2 N–H and O–H groups in total. The SMILES string of the molecule is CCCCNc1cc(C(=O)O)cc(S)c1Oc1ccccc1. The van der Waals surface area contributed by atoms with Gasteiger partial charge in [-0.25, -0.2) is 4.79 Å². The summed E-state index contributed by atoms with van der Waals surface area (Å²) < 4.78 is 5.87. The zero-order valence-corrected chi connectivity index (χ0v) is 13.3. The van der Waals surface area contributed by atoms with E-state index < -0.39 is 5.97 Å². The van der Waals surface area contributed by atoms with E-state index in [1.165, 1.54) is 6.07 Å². The number of rotatable bonds is 7. The number of thiol groups is 1. The van der Waals surface area contributed by atoms with Gasteiger partial charge in [-0.1, -0.05) is 31.5 Å². The summed E-state index contributed by atoms with van der Waals surface area (Å²) >= 11 is 4.38. The molecule has 0 unspecified atom stereocenters. The Hall–Kier alpha value is -2.14. The van der Waals surface area contributed by atoms with Crippen molar-refractivity contribution in [2.24, 2.45) is 0 Å². The van der Waals surface area contributed by atoms with Crippen LogP contribution in [0.3, 0.4) is 0 Å². The zero-order chi connectivity index (χ0) is 15.9. The molecule has 0 aliphatic rings. The Morgan fingerprint density at radius 3 is 2.64 bits per heavy atom. The number of benzene rings is 2. The van der Waals surface area contributed by atoms with Gasteiger partial charge in [0.15, 0.2) is 5.75 Å². The summed E-state index contributed by atoms with van der Waals surface area (Å²) in [4.78, 5) is 11.7. The molecule has 0 saturated heterocycles. The maximum absolute atomic E-state index is 11.2. The van der Waals surface area contributed by atoms with Crippen LogP contribution in [0.2, 0.25) is 0 Å². The van der Waals surface area contributed by atoms with E-state index in [1.54, 1.807) is 6.07 Å². The Balaban J connectivity index is 2.34. The highest BCUT2D eigenvalue weighted by Crippen LogP contribution is 2.37. The standard InChI is InChI=1S/C17H19NO3S/c1-2-3-9-18-14-10-12(17(19)20)11-15(22)16(14)21-13-7-5-4-6-8-13/h4-8,10-11,18,22H,2-3,9H2,1H3,(H,19,20). The first kappa shape index (κ1) is 16.2. The first-order valence-electron chi connectivity index (χ1n) is 7.19. The van der Waals surface area contributed by atoms with Crippen molar-refractivity contribution < 1.29 is 14.6 Å². The summed E-state index contributed by atoms with van der Waals surface area (Å²) in [5, 5.41) is 12.4. The molecular formula is C17H19NO3S. The zero-order valence-electron chi connectivity index (χ0n) is 12.4. The minimum atomic E-state index is -0.986. The summed E-state index contributed by atoms with van der Waals surface area (Å²) in [5.74, 6) is 0.232. The van der Waals surface area contributed by atoms with Crippen molar-refractivity contribution in [1.82, 2.24) is 0 Å². The van der Waals surface area contributed by atoms with E-state index in [4.69, 9.17) is 4.74 Å². The Morgan fingerprint density at radius 2 is 2.00 bits per heavy atom. The topological polar surface area (TPSA) is 58.6 Å². The van der Waals surface area contributed by atoms with Crippen molar-refractivity contribution in [2.45, 2.75) is 24.7 Å². The van der Waals surface area contributed by atoms with E-state index in [0.717, 1.165) is 19.4 Å². The third-order valence-corrected chi connectivity index (χ3v) is 3.46. The van der Waals surface area contributed by atoms with Gasteiger partial charge in [0.1, 0.15) is 5.75 Å². The van der Waals surface area contributed by atoms with E-state index >= 15 is 0 Å². The van der Waals surface area contributed by atoms with Crippen LogP contribution in [-0.4, -0.2) is 17.6 Å². The lowest BCUT2D eigenvalue weighted by atomic mass is 10.1. The third kappa shape index (κ3) is 4.18. The van der Waals surface area contributed by atoms with Gasteiger partial charge in [0, 0.05) is 11.4 Å². The number of aromatic carboxylic acids is 1. The largest absolute Gasteiger partial charge is 0.478 e. The van der Waals surface area contributed by atoms with Crippen LogP contribution in [0, 0.1) is 0 Å². The van der Waals surface area contributed by atoms with E-state index in [2.05, 4.69) is 24.9 Å². The molecule has 22 heavy (non-hydrogen) atoms. The number of ether oxygens (including phenoxy) is 1. The highest BCUT2D eigenvalue weighted by Gasteiger charge is 2.14. The fraction of sp³-hybridized carbons (Fsp3) is 0.235. The highest BCUT2D eigenvalue weighted by molar-refractivity contribution is 7.80. The van der Waals surface area contributed by atoms with Crippen molar-refractivity contribution >= 4 is 24.3 Å². The van der Waals surface area contributed by atoms with Gasteiger partial charge in [0.05, 0.1) is 11.3 Å². The molecule has 0 aliphatic heterocycles. The lowest BCUT2D eigenvalue weighted by molar-refractivity contribution is 0.0696. The van der Waals surface area contributed by atoms with Crippen molar-refractivity contribution in [2.75, 3.05) is 11.9 Å². The van der Waals surface area contributed by atoms with Crippen LogP contribution in [0.4, 0.5) is 5.69 Å². The molecule has 0 atom stereocenters. The molecule has 4 nitrogen and oxygen atoms in total. The Labute approximate surface area is 135 Å². The molecule has 0 heterocycles. The van der Waals surface area contributed by atoms with Crippen LogP contribution in [0.25, 0.3) is 0 Å². The number of anilines is 1. The molecule has 0 amide bonds. The summed E-state index contributed by atoms with van der Waals surface area (Å²) in [6.45, 7) is 2.85. The molecule has 0 aromatic heterocycles. The number of carboxylic acid groups (broad SMARTS) is 1. The summed E-state index contributed by atoms with van der Waals surface area (Å²) in [5.41, 5.74) is 0.826. The average Bonchev–Trinajstić information content (AvgIpc) is 2.51. The average molecular weight is 317 g/mol. The second-order valence-corrected chi connectivity index (χ2v) is 5.35. The molecule has 0 spiro atoms. The number of unbranched alkanes of at least 4 members (excludes halogenated alkanes) is 1. The Morgan fingerprint density at radius 1 is 1.27 bits per heavy atom. The molecule has 5 heteroatoms. The maximum Gasteiger partial charge on any atom is 0.335 e. The Bertz CT molecular complexity index is 644. The lowest BCUT2D eigenvalue weighted by Gasteiger charge is -2.16. The van der Waals surface area contributed by atoms with Crippen LogP contribution >= 0.6 is 12.6 Å². The summed E-state index contributed by atoms with van der Waals surface area (Å²) in [7, 11) is 0. The van der Waals surface area contributed by atoms with Crippen LogP contribution in [0.15, 0.2) is 47.4 Å². The van der Waals surface area contributed by atoms with E-state index in [-0.39, 0.29) is 5.56 Å². The number of hydrogen-bond donors (Lipinski definition) is 3. The summed E-state index contributed by atoms with van der Waals surface area (Å²) in [6, 6.07) is 12.4. The number of carboxylic acids is 1. The van der Waals surface area contributed by atoms with Crippen molar-refractivity contribution in [1.29, 1.82) is 0 Å². The van der Waals surface area contributed by atoms with Crippen LogP contribution in [-0.2, 0) is 0 Å². The van der Waals surface area contributed by atoms with Crippen LogP contribution < -0.4 is 10.1 Å². The van der Waals surface area contributed by atoms with Crippen LogP contribution in [0.5, 0.6) is 11.5 Å². The summed E-state index contributed by atoms with van der Waals surface area (Å²) in [6.07, 6.45) is 2.04. The first-order valence-corrected chi connectivity index (χ1v) is 7.63. The van der Waals surface area contributed by atoms with Gasteiger partial charge in [0.25, 0.3) is 0 Å². The van der Waals surface area contributed by atoms with Gasteiger partial charge >= 0.3 is 5.97 Å². The van der Waals surface area contributed by atoms with Gasteiger partial charge in [-0.05, 0) is 30.7 Å². The van der Waals surface area contributed by atoms with Gasteiger partial charge in [-0.2, -0.15) is 0 Å². The van der Waals surface area contributed by atoms with E-state index in [1.807, 2.05) is 30.3 Å². The molecule has 2 aromatic carbocycles. The normalized spacial score (nSPS) is 10.3. The fourth-order valence-electron chi connectivity index (χ4n) is 1.98. The molecule has 0 radical (unpaired) electrons. The minimum Gasteiger partial charge on any atom is -0.478 e. The monoisotopic (exact) mass is 317 g/mol.